The maximum atomic E-state index is 15.8. The molecular formula is C55H67N3O10S. The molecule has 1 saturated carbocycles. The van der Waals surface area contributed by atoms with Crippen LogP contribution in [0.3, 0.4) is 0 Å². The highest BCUT2D eigenvalue weighted by molar-refractivity contribution is 7.98. The monoisotopic (exact) mass is 961 g/mol. The second-order valence-electron chi connectivity index (χ2n) is 21.3. The number of likely N-dealkylation sites (N-methyl/N-ethyl adjacent to an activating group) is 1. The zero-order valence-corrected chi connectivity index (χ0v) is 42.1. The predicted molar refractivity (Wildman–Crippen MR) is 260 cm³/mol. The molecule has 69 heavy (non-hydrogen) atoms. The van der Waals surface area contributed by atoms with E-state index in [2.05, 4.69) is 83.2 Å². The topological polar surface area (TPSA) is 140 Å². The van der Waals surface area contributed by atoms with Crippen molar-refractivity contribution in [3.8, 4) is 5.75 Å². The van der Waals surface area contributed by atoms with Gasteiger partial charge in [-0.05, 0) is 121 Å². The van der Waals surface area contributed by atoms with Crippen LogP contribution in [0.4, 0.5) is 0 Å². The van der Waals surface area contributed by atoms with E-state index in [4.69, 9.17) is 28.4 Å². The van der Waals surface area contributed by atoms with E-state index in [9.17, 15) is 14.7 Å². The van der Waals surface area contributed by atoms with Crippen molar-refractivity contribution in [1.82, 2.24) is 14.7 Å². The first-order valence-corrected chi connectivity index (χ1v) is 25.9. The Labute approximate surface area is 410 Å². The molecule has 0 amide bonds. The van der Waals surface area contributed by atoms with Crippen molar-refractivity contribution in [2.24, 2.45) is 28.1 Å². The van der Waals surface area contributed by atoms with E-state index in [1.54, 1.807) is 26.0 Å². The van der Waals surface area contributed by atoms with Crippen molar-refractivity contribution >= 4 is 35.2 Å². The molecule has 13 nitrogen and oxygen atoms in total. The van der Waals surface area contributed by atoms with Gasteiger partial charge < -0.3 is 38.4 Å². The standard InChI is InChI=1S/C55H67N3O10S/c1-9-50(62)28-35-29-52(48(60)65-7,41-24-36-14-17-38(69-31-34-12-15-37(63-5)16-13-34)25-40(36)39(41)18-22-57(30-35)32-50)43-26-42-44(27-45(43)64-6)56(4)55-53(42)20-23-58-21-11-19-51(10-2,46(53)58)47(67-33(3)59)54(55,68-55)49(61)66-8/h11-17,19,25-27,35,43,45-47,62H,9-10,18,20-24,28-32H2,1-8H3/t35-,43?,45?,46+,47-,50+,51-,52-,53-,54+,55+/m1/s1. The van der Waals surface area contributed by atoms with E-state index in [1.165, 1.54) is 43.4 Å². The molecule has 9 aliphatic rings. The molecule has 6 heterocycles. The number of rotatable bonds is 11. The summed E-state index contributed by atoms with van der Waals surface area (Å²) in [5, 5.41) is 12.2. The van der Waals surface area contributed by atoms with Crippen molar-refractivity contribution < 1.29 is 47.9 Å². The summed E-state index contributed by atoms with van der Waals surface area (Å²) in [6.45, 7) is 9.06. The van der Waals surface area contributed by atoms with Crippen LogP contribution < -0.4 is 4.74 Å². The van der Waals surface area contributed by atoms with Gasteiger partial charge in [-0.1, -0.05) is 50.3 Å². The lowest BCUT2D eigenvalue weighted by atomic mass is 9.48. The van der Waals surface area contributed by atoms with Gasteiger partial charge >= 0.3 is 17.9 Å². The van der Waals surface area contributed by atoms with Crippen LogP contribution in [0.5, 0.6) is 5.75 Å². The Kier molecular flexibility index (Phi) is 11.3. The number of likely N-dealkylation sites (tertiary alicyclic amines) is 1. The third-order valence-corrected chi connectivity index (χ3v) is 19.5. The number of carbonyl (C=O) groups is 3. The summed E-state index contributed by atoms with van der Waals surface area (Å²) >= 11 is 1.79. The number of methoxy groups -OCH3 is 4. The van der Waals surface area contributed by atoms with E-state index < -0.39 is 63.2 Å². The predicted octanol–water partition coefficient (Wildman–Crippen LogP) is 6.72. The van der Waals surface area contributed by atoms with Gasteiger partial charge in [0.05, 0.1) is 43.9 Å². The van der Waals surface area contributed by atoms with Gasteiger partial charge in [0.25, 0.3) is 5.60 Å². The summed E-state index contributed by atoms with van der Waals surface area (Å²) in [7, 11) is 8.26. The number of benzene rings is 2. The molecule has 12 atom stereocenters. The van der Waals surface area contributed by atoms with Crippen LogP contribution in [-0.2, 0) is 50.2 Å². The molecule has 3 aliphatic carbocycles. The molecule has 4 saturated heterocycles. The van der Waals surface area contributed by atoms with Crippen LogP contribution in [0.15, 0.2) is 88.5 Å². The quantitative estimate of drug-likeness (QED) is 0.0838. The number of allylic oxidation sites excluding steroid dienone is 1. The molecule has 3 unspecified atom stereocenters. The number of aliphatic hydroxyl groups is 1. The van der Waals surface area contributed by atoms with E-state index in [-0.39, 0.29) is 17.9 Å². The molecule has 6 aliphatic heterocycles. The summed E-state index contributed by atoms with van der Waals surface area (Å²) in [5.74, 6) is -0.348. The summed E-state index contributed by atoms with van der Waals surface area (Å²) in [6, 6.07) is 14.7. The number of fused-ring (bicyclic) bond motifs is 5. The van der Waals surface area contributed by atoms with Crippen molar-refractivity contribution in [3.63, 3.8) is 0 Å². The molecule has 5 fully saturated rings. The third kappa shape index (κ3) is 6.23. The van der Waals surface area contributed by atoms with Crippen molar-refractivity contribution in [2.45, 2.75) is 112 Å². The lowest BCUT2D eigenvalue weighted by molar-refractivity contribution is -0.182. The van der Waals surface area contributed by atoms with Crippen LogP contribution in [0, 0.1) is 28.1 Å². The molecular weight excluding hydrogens is 895 g/mol. The number of thioether (sulfide) groups is 1. The molecule has 2 spiro atoms. The zero-order chi connectivity index (χ0) is 48.5. The first kappa shape index (κ1) is 46.9. The summed E-state index contributed by atoms with van der Waals surface area (Å²) in [5.41, 5.74) is 0.993. The van der Waals surface area contributed by atoms with Gasteiger partial charge in [-0.15, -0.1) is 11.8 Å². The van der Waals surface area contributed by atoms with Gasteiger partial charge in [-0.3, -0.25) is 19.4 Å². The highest BCUT2D eigenvalue weighted by Gasteiger charge is 2.99. The normalized spacial score (nSPS) is 38.9. The fourth-order valence-corrected chi connectivity index (χ4v) is 16.6. The number of esters is 3. The van der Waals surface area contributed by atoms with Gasteiger partial charge in [-0.25, -0.2) is 4.79 Å². The third-order valence-electron chi connectivity index (χ3n) is 18.4. The largest absolute Gasteiger partial charge is 0.497 e. The van der Waals surface area contributed by atoms with Crippen LogP contribution in [-0.4, -0.2) is 141 Å². The molecule has 11 rings (SSSR count). The molecule has 2 bridgehead atoms. The minimum Gasteiger partial charge on any atom is -0.497 e. The fraction of sp³-hybridized carbons (Fsp3) is 0.582. The number of epoxide rings is 1. The minimum absolute atomic E-state index is 0.0397. The number of hydrogen-bond donors (Lipinski definition) is 1. The first-order chi connectivity index (χ1) is 33.2. The molecule has 14 heteroatoms. The Hall–Kier alpha value is -4.44. The van der Waals surface area contributed by atoms with Gasteiger partial charge in [0.2, 0.25) is 0 Å². The van der Waals surface area contributed by atoms with E-state index >= 15 is 4.79 Å². The van der Waals surface area contributed by atoms with E-state index in [0.717, 1.165) is 52.9 Å². The second kappa shape index (κ2) is 16.6. The SMILES string of the molecule is CC[C@]1(O)C[C@H]2CN(CCC3=C(Cc4ccc(SCc5ccc(OC)cc5)cc43)[C@@](C(=O)OC)(C3C=C4C(=CC3OC)N(C)[C@@]35O[C@]3(C(=O)OC)[C@H](OC(C)=O)[C@]3(CC)C=CCN6CC[C@]45[C@@H]63)C2)C1. The maximum absolute atomic E-state index is 15.8. The highest BCUT2D eigenvalue weighted by atomic mass is 32.2. The van der Waals surface area contributed by atoms with Crippen molar-refractivity contribution in [2.75, 3.05) is 68.2 Å². The van der Waals surface area contributed by atoms with Crippen molar-refractivity contribution in [1.29, 1.82) is 0 Å². The minimum atomic E-state index is -1.65. The number of nitrogens with zero attached hydrogens (tertiary/aromatic N) is 3. The van der Waals surface area contributed by atoms with Crippen LogP contribution in [0.1, 0.15) is 76.0 Å². The smallest absolute Gasteiger partial charge is 0.347 e. The maximum Gasteiger partial charge on any atom is 0.347 e. The molecule has 2 aromatic carbocycles. The Balaban J connectivity index is 1.11. The Morgan fingerprint density at radius 2 is 1.74 bits per heavy atom. The molecule has 368 valence electrons. The molecule has 1 N–H and O–H groups in total. The van der Waals surface area contributed by atoms with Crippen LogP contribution in [0.2, 0.25) is 0 Å². The lowest BCUT2D eigenvalue weighted by Crippen LogP contribution is -2.73. The average Bonchev–Trinajstić information content (AvgIpc) is 3.60. The highest BCUT2D eigenvalue weighted by Crippen LogP contribution is 2.82. The fourth-order valence-electron chi connectivity index (χ4n) is 15.7. The first-order valence-electron chi connectivity index (χ1n) is 24.9. The lowest BCUT2D eigenvalue weighted by Gasteiger charge is -2.58. The number of ether oxygens (including phenoxy) is 6. The van der Waals surface area contributed by atoms with Gasteiger partial charge in [0, 0.05) is 81.0 Å². The van der Waals surface area contributed by atoms with Gasteiger partial charge in [0.15, 0.2) is 11.8 Å². The van der Waals surface area contributed by atoms with Gasteiger partial charge in [0.1, 0.15) is 5.75 Å². The molecule has 2 aromatic rings. The number of piperidine rings is 1. The summed E-state index contributed by atoms with van der Waals surface area (Å²) < 4.78 is 37.5. The van der Waals surface area contributed by atoms with Crippen LogP contribution >= 0.6 is 11.8 Å². The zero-order valence-electron chi connectivity index (χ0n) is 41.3. The number of carbonyl (C=O) groups excluding carboxylic acids is 3. The Morgan fingerprint density at radius 3 is 2.43 bits per heavy atom. The van der Waals surface area contributed by atoms with Crippen molar-refractivity contribution in [3.05, 3.63) is 100 Å². The summed E-state index contributed by atoms with van der Waals surface area (Å²) in [6.07, 6.45) is 11.4. The summed E-state index contributed by atoms with van der Waals surface area (Å²) in [4.78, 5) is 51.9. The Morgan fingerprint density at radius 1 is 0.957 bits per heavy atom. The van der Waals surface area contributed by atoms with Crippen LogP contribution in [0.25, 0.3) is 5.57 Å². The van der Waals surface area contributed by atoms with E-state index in [1.807, 2.05) is 19.2 Å². The van der Waals surface area contributed by atoms with E-state index in [0.29, 0.717) is 58.0 Å². The molecule has 0 radical (unpaired) electrons. The number of hydrogen-bond acceptors (Lipinski definition) is 14. The average molecular weight is 962 g/mol. The van der Waals surface area contributed by atoms with Gasteiger partial charge in [-0.2, -0.15) is 0 Å². The molecule has 0 aromatic heterocycles. The second-order valence-corrected chi connectivity index (χ2v) is 22.3. The Bertz CT molecular complexity index is 2610.